The summed E-state index contributed by atoms with van der Waals surface area (Å²) in [6, 6.07) is 13.0. The number of rotatable bonds is 8. The molecule has 0 unspecified atom stereocenters. The largest absolute Gasteiger partial charge is 0.497 e. The monoisotopic (exact) mass is 487 g/mol. The predicted octanol–water partition coefficient (Wildman–Crippen LogP) is 3.64. The van der Waals surface area contributed by atoms with Crippen molar-refractivity contribution in [3.8, 4) is 28.8 Å². The van der Waals surface area contributed by atoms with Gasteiger partial charge >= 0.3 is 6.18 Å². The highest BCUT2D eigenvalue weighted by atomic mass is 19.4. The van der Waals surface area contributed by atoms with Gasteiger partial charge in [0.1, 0.15) is 18.1 Å². The SMILES string of the molecule is COc1ccc(-c2nnc3ccc(OCCNC(=O)c4ccccc4C(F)(F)F)nn23)c(OC)c1. The van der Waals surface area contributed by atoms with Crippen LogP contribution in [0.3, 0.4) is 0 Å². The van der Waals surface area contributed by atoms with Crippen molar-refractivity contribution in [1.29, 1.82) is 0 Å². The molecule has 0 bridgehead atoms. The molecule has 4 rings (SSSR count). The summed E-state index contributed by atoms with van der Waals surface area (Å²) in [6.45, 7) is -0.0617. The van der Waals surface area contributed by atoms with Gasteiger partial charge in [-0.1, -0.05) is 12.1 Å². The van der Waals surface area contributed by atoms with Gasteiger partial charge in [-0.2, -0.15) is 17.7 Å². The molecule has 0 radical (unpaired) electrons. The number of aromatic nitrogens is 4. The van der Waals surface area contributed by atoms with Gasteiger partial charge in [-0.05, 0) is 30.3 Å². The number of fused-ring (bicyclic) bond motifs is 1. The summed E-state index contributed by atoms with van der Waals surface area (Å²) < 4.78 is 57.0. The third-order valence-electron chi connectivity index (χ3n) is 5.00. The Kier molecular flexibility index (Phi) is 6.71. The van der Waals surface area contributed by atoms with Crippen LogP contribution in [-0.2, 0) is 6.18 Å². The number of carbonyl (C=O) groups is 1. The second-order valence-electron chi connectivity index (χ2n) is 7.18. The van der Waals surface area contributed by atoms with Crippen LogP contribution in [0.2, 0.25) is 0 Å². The number of benzene rings is 2. The summed E-state index contributed by atoms with van der Waals surface area (Å²) in [5.41, 5.74) is -0.370. The second-order valence-corrected chi connectivity index (χ2v) is 7.18. The van der Waals surface area contributed by atoms with E-state index in [2.05, 4.69) is 20.6 Å². The minimum absolute atomic E-state index is 0.0260. The molecule has 0 spiro atoms. The van der Waals surface area contributed by atoms with Crippen LogP contribution >= 0.6 is 0 Å². The molecule has 0 aliphatic carbocycles. The third-order valence-corrected chi connectivity index (χ3v) is 5.00. The fraction of sp³-hybridized carbons (Fsp3) is 0.217. The van der Waals surface area contributed by atoms with Crippen LogP contribution in [0.15, 0.2) is 54.6 Å². The third kappa shape index (κ3) is 5.10. The van der Waals surface area contributed by atoms with Crippen LogP contribution in [0.4, 0.5) is 13.2 Å². The van der Waals surface area contributed by atoms with Crippen molar-refractivity contribution in [2.75, 3.05) is 27.4 Å². The zero-order chi connectivity index (χ0) is 25.0. The predicted molar refractivity (Wildman–Crippen MR) is 119 cm³/mol. The number of carbonyl (C=O) groups excluding carboxylic acids is 1. The first kappa shape index (κ1) is 23.8. The smallest absolute Gasteiger partial charge is 0.417 e. The molecule has 35 heavy (non-hydrogen) atoms. The molecule has 0 fully saturated rings. The minimum Gasteiger partial charge on any atom is -0.497 e. The van der Waals surface area contributed by atoms with E-state index in [9.17, 15) is 18.0 Å². The lowest BCUT2D eigenvalue weighted by atomic mass is 10.1. The number of ether oxygens (including phenoxy) is 3. The molecule has 9 nitrogen and oxygen atoms in total. The van der Waals surface area contributed by atoms with Gasteiger partial charge < -0.3 is 19.5 Å². The summed E-state index contributed by atoms with van der Waals surface area (Å²) in [6.07, 6.45) is -4.63. The summed E-state index contributed by atoms with van der Waals surface area (Å²) in [4.78, 5) is 12.2. The minimum atomic E-state index is -4.63. The molecule has 1 N–H and O–H groups in total. The summed E-state index contributed by atoms with van der Waals surface area (Å²) >= 11 is 0. The van der Waals surface area contributed by atoms with Crippen LogP contribution in [-0.4, -0.2) is 53.1 Å². The first-order chi connectivity index (χ1) is 16.8. The van der Waals surface area contributed by atoms with Crippen LogP contribution in [0.1, 0.15) is 15.9 Å². The van der Waals surface area contributed by atoms with Crippen molar-refractivity contribution in [2.45, 2.75) is 6.18 Å². The first-order valence-electron chi connectivity index (χ1n) is 10.3. The van der Waals surface area contributed by atoms with E-state index in [1.54, 1.807) is 37.4 Å². The fourth-order valence-corrected chi connectivity index (χ4v) is 3.34. The van der Waals surface area contributed by atoms with Crippen LogP contribution in [0.25, 0.3) is 17.0 Å². The van der Waals surface area contributed by atoms with Crippen LogP contribution < -0.4 is 19.5 Å². The van der Waals surface area contributed by atoms with Gasteiger partial charge in [0, 0.05) is 12.1 Å². The number of nitrogens with zero attached hydrogens (tertiary/aromatic N) is 4. The summed E-state index contributed by atoms with van der Waals surface area (Å²) in [5.74, 6) is 0.876. The Hall–Kier alpha value is -4.35. The van der Waals surface area contributed by atoms with Crippen molar-refractivity contribution in [3.05, 3.63) is 65.7 Å². The molecule has 182 valence electrons. The van der Waals surface area contributed by atoms with Gasteiger partial charge in [-0.3, -0.25) is 4.79 Å². The molecule has 2 aromatic carbocycles. The van der Waals surface area contributed by atoms with Crippen molar-refractivity contribution in [1.82, 2.24) is 25.1 Å². The number of amides is 1. The van der Waals surface area contributed by atoms with Gasteiger partial charge in [0.05, 0.1) is 37.5 Å². The van der Waals surface area contributed by atoms with Gasteiger partial charge in [0.25, 0.3) is 5.91 Å². The molecule has 1 amide bonds. The lowest BCUT2D eigenvalue weighted by molar-refractivity contribution is -0.137. The molecular formula is C23H20F3N5O4. The maximum atomic E-state index is 13.1. The topological polar surface area (TPSA) is 99.9 Å². The maximum Gasteiger partial charge on any atom is 0.417 e. The van der Waals surface area contributed by atoms with E-state index in [1.165, 1.54) is 23.8 Å². The molecule has 0 saturated heterocycles. The Morgan fingerprint density at radius 2 is 1.83 bits per heavy atom. The normalized spacial score (nSPS) is 11.3. The van der Waals surface area contributed by atoms with Gasteiger partial charge in [0.15, 0.2) is 11.5 Å². The van der Waals surface area contributed by atoms with Gasteiger partial charge in [-0.15, -0.1) is 15.3 Å². The van der Waals surface area contributed by atoms with Crippen molar-refractivity contribution >= 4 is 11.6 Å². The van der Waals surface area contributed by atoms with E-state index in [0.717, 1.165) is 12.1 Å². The van der Waals surface area contributed by atoms with Crippen LogP contribution in [0.5, 0.6) is 17.4 Å². The van der Waals surface area contributed by atoms with Crippen molar-refractivity contribution < 1.29 is 32.2 Å². The van der Waals surface area contributed by atoms with E-state index in [0.29, 0.717) is 28.5 Å². The average Bonchev–Trinajstić information content (AvgIpc) is 3.28. The van der Waals surface area contributed by atoms with Gasteiger partial charge in [-0.25, -0.2) is 0 Å². The summed E-state index contributed by atoms with van der Waals surface area (Å²) in [5, 5.41) is 15.1. The molecule has 2 heterocycles. The van der Waals surface area contributed by atoms with Crippen LogP contribution in [0, 0.1) is 0 Å². The Balaban J connectivity index is 1.45. The molecule has 4 aromatic rings. The molecule has 2 aromatic heterocycles. The van der Waals surface area contributed by atoms with E-state index >= 15 is 0 Å². The van der Waals surface area contributed by atoms with E-state index in [-0.39, 0.29) is 19.0 Å². The van der Waals surface area contributed by atoms with Gasteiger partial charge in [0.2, 0.25) is 5.88 Å². The number of methoxy groups -OCH3 is 2. The summed E-state index contributed by atoms with van der Waals surface area (Å²) in [7, 11) is 3.06. The highest BCUT2D eigenvalue weighted by Gasteiger charge is 2.34. The Labute approximate surface area is 197 Å². The first-order valence-corrected chi connectivity index (χ1v) is 10.3. The van der Waals surface area contributed by atoms with Crippen molar-refractivity contribution in [2.24, 2.45) is 0 Å². The number of halogens is 3. The number of hydrogen-bond acceptors (Lipinski definition) is 7. The maximum absolute atomic E-state index is 13.1. The van der Waals surface area contributed by atoms with E-state index < -0.39 is 23.2 Å². The average molecular weight is 487 g/mol. The fourth-order valence-electron chi connectivity index (χ4n) is 3.34. The zero-order valence-corrected chi connectivity index (χ0v) is 18.7. The van der Waals surface area contributed by atoms with Crippen molar-refractivity contribution in [3.63, 3.8) is 0 Å². The Morgan fingerprint density at radius 1 is 1.03 bits per heavy atom. The standard InChI is InChI=1S/C23H20F3N5O4/c1-33-14-7-8-16(18(13-14)34-2)21-29-28-19-9-10-20(30-31(19)21)35-12-11-27-22(32)15-5-3-4-6-17(15)23(24,25)26/h3-10,13H,11-12H2,1-2H3,(H,27,32). The molecule has 0 atom stereocenters. The lowest BCUT2D eigenvalue weighted by Gasteiger charge is -2.13. The Bertz CT molecular complexity index is 1360. The Morgan fingerprint density at radius 3 is 2.57 bits per heavy atom. The van der Waals surface area contributed by atoms with E-state index in [1.807, 2.05) is 0 Å². The highest BCUT2D eigenvalue weighted by Crippen LogP contribution is 2.33. The zero-order valence-electron chi connectivity index (χ0n) is 18.7. The number of nitrogens with one attached hydrogen (secondary N) is 1. The molecule has 0 aliphatic heterocycles. The molecule has 0 aliphatic rings. The number of alkyl halides is 3. The quantitative estimate of drug-likeness (QED) is 0.379. The second kappa shape index (κ2) is 9.87. The lowest BCUT2D eigenvalue weighted by Crippen LogP contribution is -2.30. The van der Waals surface area contributed by atoms with E-state index in [4.69, 9.17) is 14.2 Å². The highest BCUT2D eigenvalue weighted by molar-refractivity contribution is 5.95. The number of hydrogen-bond donors (Lipinski definition) is 1. The molecule has 12 heteroatoms. The molecule has 0 saturated carbocycles. The molecular weight excluding hydrogens is 467 g/mol.